The van der Waals surface area contributed by atoms with Gasteiger partial charge in [0.05, 0.1) is 5.75 Å². The van der Waals surface area contributed by atoms with Crippen molar-refractivity contribution in [3.63, 3.8) is 0 Å². The van der Waals surface area contributed by atoms with Crippen LogP contribution in [0.2, 0.25) is 15.1 Å². The molecule has 0 bridgehead atoms. The van der Waals surface area contributed by atoms with Gasteiger partial charge in [-0.05, 0) is 57.2 Å². The maximum atomic E-state index is 13.1. The molecule has 0 unspecified atom stereocenters. The van der Waals surface area contributed by atoms with Gasteiger partial charge in [0.1, 0.15) is 6.04 Å². The maximum Gasteiger partial charge on any atom is 0.242 e. The second-order valence-corrected chi connectivity index (χ2v) is 9.10. The first-order valence-electron chi connectivity index (χ1n) is 9.10. The fourth-order valence-electron chi connectivity index (χ4n) is 2.60. The second kappa shape index (κ2) is 11.1. The average Bonchev–Trinajstić information content (AvgIpc) is 2.66. The first-order valence-corrected chi connectivity index (χ1v) is 11.2. The van der Waals surface area contributed by atoms with E-state index in [9.17, 15) is 9.59 Å². The van der Waals surface area contributed by atoms with E-state index in [0.29, 0.717) is 20.6 Å². The highest BCUT2D eigenvalue weighted by molar-refractivity contribution is 8.00. The number of nitrogens with one attached hydrogen (secondary N) is 1. The van der Waals surface area contributed by atoms with E-state index < -0.39 is 6.04 Å². The van der Waals surface area contributed by atoms with E-state index in [1.165, 1.54) is 16.7 Å². The molecular weight excluding hydrogens is 451 g/mol. The Morgan fingerprint density at radius 2 is 1.59 bits per heavy atom. The third-order valence-corrected chi connectivity index (χ3v) is 6.12. The summed E-state index contributed by atoms with van der Waals surface area (Å²) in [6.45, 7) is 5.59. The van der Waals surface area contributed by atoms with Crippen LogP contribution in [-0.4, -0.2) is 34.6 Å². The average molecular weight is 474 g/mol. The van der Waals surface area contributed by atoms with Crippen molar-refractivity contribution in [3.8, 4) is 0 Å². The molecule has 2 rings (SSSR count). The van der Waals surface area contributed by atoms with Gasteiger partial charge in [0.15, 0.2) is 0 Å². The molecule has 0 aliphatic rings. The highest BCUT2D eigenvalue weighted by atomic mass is 35.5. The summed E-state index contributed by atoms with van der Waals surface area (Å²) in [6.07, 6.45) is 0. The van der Waals surface area contributed by atoms with Gasteiger partial charge in [-0.1, -0.05) is 40.9 Å². The van der Waals surface area contributed by atoms with Gasteiger partial charge in [0.25, 0.3) is 0 Å². The van der Waals surface area contributed by atoms with E-state index in [1.807, 2.05) is 26.0 Å². The molecule has 0 radical (unpaired) electrons. The third kappa shape index (κ3) is 7.10. The Morgan fingerprint density at radius 1 is 1.00 bits per heavy atom. The minimum atomic E-state index is -0.678. The lowest BCUT2D eigenvalue weighted by atomic mass is 10.1. The Morgan fingerprint density at radius 3 is 2.14 bits per heavy atom. The molecule has 0 fully saturated rings. The number of halogens is 3. The van der Waals surface area contributed by atoms with Gasteiger partial charge >= 0.3 is 0 Å². The lowest BCUT2D eigenvalue weighted by Gasteiger charge is -2.30. The van der Waals surface area contributed by atoms with E-state index in [4.69, 9.17) is 34.8 Å². The van der Waals surface area contributed by atoms with Gasteiger partial charge in [0, 0.05) is 38.1 Å². The maximum absolute atomic E-state index is 13.1. The lowest BCUT2D eigenvalue weighted by molar-refractivity contribution is -0.138. The van der Waals surface area contributed by atoms with Crippen molar-refractivity contribution >= 4 is 58.4 Å². The van der Waals surface area contributed by atoms with E-state index in [-0.39, 0.29) is 30.2 Å². The largest absolute Gasteiger partial charge is 0.352 e. The standard InChI is InChI=1S/C21H23Cl3N2O2S/c1-13(2)25-21(28)14(3)26(11-17-18(23)5-4-6-19(17)24)20(27)12-29-16-9-7-15(22)8-10-16/h4-10,13-14H,11-12H2,1-3H3,(H,25,28)/t14-/m0/s1. The molecule has 2 aromatic rings. The predicted molar refractivity (Wildman–Crippen MR) is 122 cm³/mol. The van der Waals surface area contributed by atoms with Gasteiger partial charge in [-0.3, -0.25) is 9.59 Å². The van der Waals surface area contributed by atoms with E-state index in [0.717, 1.165) is 4.90 Å². The molecule has 29 heavy (non-hydrogen) atoms. The predicted octanol–water partition coefficient (Wildman–Crippen LogP) is 5.68. The van der Waals surface area contributed by atoms with Crippen molar-refractivity contribution in [1.82, 2.24) is 10.2 Å². The summed E-state index contributed by atoms with van der Waals surface area (Å²) in [5.41, 5.74) is 0.616. The molecule has 0 saturated heterocycles. The van der Waals surface area contributed by atoms with Crippen LogP contribution in [0, 0.1) is 0 Å². The number of carbonyl (C=O) groups is 2. The molecule has 2 aromatic carbocycles. The molecule has 2 amide bonds. The zero-order valence-electron chi connectivity index (χ0n) is 16.4. The minimum absolute atomic E-state index is 0.0331. The van der Waals surface area contributed by atoms with Crippen LogP contribution in [-0.2, 0) is 16.1 Å². The number of rotatable bonds is 8. The fraction of sp³-hybridized carbons (Fsp3) is 0.333. The number of carbonyl (C=O) groups excluding carboxylic acids is 2. The summed E-state index contributed by atoms with van der Waals surface area (Å²) in [5, 5.41) is 4.40. The number of hydrogen-bond donors (Lipinski definition) is 1. The summed E-state index contributed by atoms with van der Waals surface area (Å²) in [5.74, 6) is -0.247. The third-order valence-electron chi connectivity index (χ3n) is 4.16. The Kier molecular flexibility index (Phi) is 9.15. The molecule has 4 nitrogen and oxygen atoms in total. The number of benzene rings is 2. The Labute approximate surface area is 190 Å². The van der Waals surface area contributed by atoms with Gasteiger partial charge in [-0.15, -0.1) is 11.8 Å². The van der Waals surface area contributed by atoms with Crippen molar-refractivity contribution in [2.45, 2.75) is 44.3 Å². The van der Waals surface area contributed by atoms with Crippen molar-refractivity contribution in [2.24, 2.45) is 0 Å². The molecule has 8 heteroatoms. The molecule has 0 aliphatic carbocycles. The van der Waals surface area contributed by atoms with Crippen molar-refractivity contribution in [1.29, 1.82) is 0 Å². The van der Waals surface area contributed by atoms with Crippen LogP contribution in [0.15, 0.2) is 47.4 Å². The molecular formula is C21H23Cl3N2O2S. The van der Waals surface area contributed by atoms with Crippen LogP contribution in [0.3, 0.4) is 0 Å². The quantitative estimate of drug-likeness (QED) is 0.502. The molecule has 0 aliphatic heterocycles. The number of amides is 2. The van der Waals surface area contributed by atoms with Crippen LogP contribution in [0.25, 0.3) is 0 Å². The Hall–Kier alpha value is -1.40. The SMILES string of the molecule is CC(C)NC(=O)[C@H](C)N(Cc1c(Cl)cccc1Cl)C(=O)CSc1ccc(Cl)cc1. The van der Waals surface area contributed by atoms with Crippen molar-refractivity contribution in [2.75, 3.05) is 5.75 Å². The van der Waals surface area contributed by atoms with Gasteiger partial charge in [-0.25, -0.2) is 0 Å². The molecule has 1 N–H and O–H groups in total. The zero-order chi connectivity index (χ0) is 21.6. The van der Waals surface area contributed by atoms with Gasteiger partial charge < -0.3 is 10.2 Å². The van der Waals surface area contributed by atoms with E-state index >= 15 is 0 Å². The van der Waals surface area contributed by atoms with Gasteiger partial charge in [-0.2, -0.15) is 0 Å². The molecule has 1 atom stereocenters. The van der Waals surface area contributed by atoms with Crippen LogP contribution in [0.1, 0.15) is 26.3 Å². The number of hydrogen-bond acceptors (Lipinski definition) is 3. The highest BCUT2D eigenvalue weighted by Gasteiger charge is 2.27. The van der Waals surface area contributed by atoms with Crippen molar-refractivity contribution in [3.05, 3.63) is 63.1 Å². The van der Waals surface area contributed by atoms with Crippen LogP contribution in [0.5, 0.6) is 0 Å². The molecule has 156 valence electrons. The molecule has 0 spiro atoms. The first kappa shape index (κ1) is 23.9. The highest BCUT2D eigenvalue weighted by Crippen LogP contribution is 2.27. The van der Waals surface area contributed by atoms with Crippen LogP contribution >= 0.6 is 46.6 Å². The van der Waals surface area contributed by atoms with Crippen LogP contribution in [0.4, 0.5) is 0 Å². The van der Waals surface area contributed by atoms with Crippen LogP contribution < -0.4 is 5.32 Å². The first-order chi connectivity index (χ1) is 13.7. The summed E-state index contributed by atoms with van der Waals surface area (Å²) in [7, 11) is 0. The minimum Gasteiger partial charge on any atom is -0.352 e. The van der Waals surface area contributed by atoms with E-state index in [2.05, 4.69) is 5.32 Å². The zero-order valence-corrected chi connectivity index (χ0v) is 19.5. The fourth-order valence-corrected chi connectivity index (χ4v) is 4.03. The number of thioether (sulfide) groups is 1. The lowest BCUT2D eigenvalue weighted by Crippen LogP contribution is -2.49. The summed E-state index contributed by atoms with van der Waals surface area (Å²) in [6, 6.07) is 11.7. The normalized spacial score (nSPS) is 12.0. The Bertz CT molecular complexity index is 839. The molecule has 0 heterocycles. The molecule has 0 aromatic heterocycles. The summed E-state index contributed by atoms with van der Waals surface area (Å²) < 4.78 is 0. The second-order valence-electron chi connectivity index (χ2n) is 6.80. The number of nitrogens with zero attached hydrogens (tertiary/aromatic N) is 1. The van der Waals surface area contributed by atoms with Crippen molar-refractivity contribution < 1.29 is 9.59 Å². The topological polar surface area (TPSA) is 49.4 Å². The smallest absolute Gasteiger partial charge is 0.242 e. The van der Waals surface area contributed by atoms with E-state index in [1.54, 1.807) is 37.3 Å². The van der Waals surface area contributed by atoms with Gasteiger partial charge in [0.2, 0.25) is 11.8 Å². The molecule has 0 saturated carbocycles. The summed E-state index contributed by atoms with van der Waals surface area (Å²) >= 11 is 19.9. The summed E-state index contributed by atoms with van der Waals surface area (Å²) in [4.78, 5) is 28.1. The monoisotopic (exact) mass is 472 g/mol. The Balaban J connectivity index is 2.21.